The number of nitrogens with zero attached hydrogens (tertiary/aromatic N) is 1. The molecule has 1 aliphatic rings. The number of benzene rings is 1. The third-order valence-electron chi connectivity index (χ3n) is 2.56. The van der Waals surface area contributed by atoms with Gasteiger partial charge in [-0.15, -0.1) is 12.3 Å². The number of amides is 1. The van der Waals surface area contributed by atoms with E-state index in [2.05, 4.69) is 21.9 Å². The van der Waals surface area contributed by atoms with Gasteiger partial charge in [-0.3, -0.25) is 4.79 Å². The topological polar surface area (TPSA) is 20.3 Å². The molecule has 0 N–H and O–H groups in total. The molecule has 2 rings (SSSR count). The summed E-state index contributed by atoms with van der Waals surface area (Å²) in [7, 11) is 0. The highest BCUT2D eigenvalue weighted by molar-refractivity contribution is 9.10. The van der Waals surface area contributed by atoms with E-state index in [0.717, 1.165) is 0 Å². The maximum Gasteiger partial charge on any atom is 0.228 e. The number of rotatable bonds is 1. The van der Waals surface area contributed by atoms with E-state index in [-0.39, 0.29) is 17.6 Å². The van der Waals surface area contributed by atoms with Crippen LogP contribution in [0.1, 0.15) is 6.42 Å². The third kappa shape index (κ3) is 1.96. The second-order valence-electron chi connectivity index (χ2n) is 3.67. The zero-order valence-electron chi connectivity index (χ0n) is 8.41. The summed E-state index contributed by atoms with van der Waals surface area (Å²) >= 11 is 3.24. The quantitative estimate of drug-likeness (QED) is 0.725. The number of hydrogen-bond donors (Lipinski definition) is 0. The molecule has 0 aromatic heterocycles. The van der Waals surface area contributed by atoms with Gasteiger partial charge in [-0.2, -0.15) is 0 Å². The molecule has 0 bridgehead atoms. The van der Waals surface area contributed by atoms with E-state index >= 15 is 0 Å². The fourth-order valence-electron chi connectivity index (χ4n) is 1.75. The Kier molecular flexibility index (Phi) is 2.97. The molecule has 0 radical (unpaired) electrons. The largest absolute Gasteiger partial charge is 0.310 e. The minimum absolute atomic E-state index is 0.0183. The summed E-state index contributed by atoms with van der Waals surface area (Å²) in [5.41, 5.74) is 0.671. The summed E-state index contributed by atoms with van der Waals surface area (Å²) < 4.78 is 13.5. The molecule has 1 aromatic rings. The van der Waals surface area contributed by atoms with Crippen molar-refractivity contribution in [2.24, 2.45) is 5.92 Å². The lowest BCUT2D eigenvalue weighted by Gasteiger charge is -2.17. The Labute approximate surface area is 102 Å². The van der Waals surface area contributed by atoms with Crippen LogP contribution in [0.2, 0.25) is 0 Å². The van der Waals surface area contributed by atoms with Crippen molar-refractivity contribution in [3.8, 4) is 12.3 Å². The summed E-state index contributed by atoms with van der Waals surface area (Å²) in [6, 6.07) is 4.25. The van der Waals surface area contributed by atoms with Gasteiger partial charge in [-0.25, -0.2) is 4.39 Å². The van der Waals surface area contributed by atoms with Gasteiger partial charge in [-0.1, -0.05) is 0 Å². The first kappa shape index (κ1) is 11.2. The van der Waals surface area contributed by atoms with Gasteiger partial charge in [0, 0.05) is 23.4 Å². The van der Waals surface area contributed by atoms with Gasteiger partial charge in [0.1, 0.15) is 5.82 Å². The van der Waals surface area contributed by atoms with Crippen LogP contribution in [0, 0.1) is 24.1 Å². The second-order valence-corrected chi connectivity index (χ2v) is 4.52. The third-order valence-corrected chi connectivity index (χ3v) is 3.20. The van der Waals surface area contributed by atoms with Crippen molar-refractivity contribution in [2.45, 2.75) is 6.42 Å². The average molecular weight is 282 g/mol. The lowest BCUT2D eigenvalue weighted by Crippen LogP contribution is -2.24. The first-order chi connectivity index (χ1) is 7.61. The molecule has 1 amide bonds. The molecule has 0 saturated carbocycles. The Morgan fingerprint density at radius 1 is 1.56 bits per heavy atom. The summed E-state index contributed by atoms with van der Waals surface area (Å²) in [4.78, 5) is 13.3. The van der Waals surface area contributed by atoms with E-state index in [1.54, 1.807) is 11.0 Å². The van der Waals surface area contributed by atoms with E-state index < -0.39 is 0 Å². The number of anilines is 1. The molecule has 16 heavy (non-hydrogen) atoms. The van der Waals surface area contributed by atoms with Crippen LogP contribution in [0.3, 0.4) is 0 Å². The highest BCUT2D eigenvalue weighted by Gasteiger charge is 2.30. The van der Waals surface area contributed by atoms with E-state index in [9.17, 15) is 9.18 Å². The smallest absolute Gasteiger partial charge is 0.228 e. The van der Waals surface area contributed by atoms with Crippen molar-refractivity contribution in [3.05, 3.63) is 28.5 Å². The number of terminal acetylenes is 1. The normalized spacial score (nSPS) is 19.9. The molecule has 1 heterocycles. The predicted octanol–water partition coefficient (Wildman–Crippen LogP) is 2.57. The van der Waals surface area contributed by atoms with Crippen molar-refractivity contribution < 1.29 is 9.18 Å². The Morgan fingerprint density at radius 3 is 2.88 bits per heavy atom. The van der Waals surface area contributed by atoms with Gasteiger partial charge in [0.2, 0.25) is 5.91 Å². The van der Waals surface area contributed by atoms with Crippen LogP contribution in [0.15, 0.2) is 22.7 Å². The molecular formula is C12H9BrFNO. The number of hydrogen-bond acceptors (Lipinski definition) is 1. The monoisotopic (exact) mass is 281 g/mol. The van der Waals surface area contributed by atoms with Gasteiger partial charge >= 0.3 is 0 Å². The number of carbonyl (C=O) groups is 1. The highest BCUT2D eigenvalue weighted by atomic mass is 79.9. The van der Waals surface area contributed by atoms with Crippen LogP contribution >= 0.6 is 15.9 Å². The minimum atomic E-state index is -0.337. The molecule has 0 spiro atoms. The van der Waals surface area contributed by atoms with Crippen LogP contribution in [-0.4, -0.2) is 12.5 Å². The van der Waals surface area contributed by atoms with Crippen LogP contribution < -0.4 is 4.90 Å². The van der Waals surface area contributed by atoms with E-state index in [1.165, 1.54) is 12.1 Å². The summed E-state index contributed by atoms with van der Waals surface area (Å²) in [5.74, 6) is 2.17. The summed E-state index contributed by atoms with van der Waals surface area (Å²) in [6.45, 7) is 0.500. The SMILES string of the molecule is C#CC1CC(=O)N(c2ccc(F)cc2Br)C1. The predicted molar refractivity (Wildman–Crippen MR) is 63.4 cm³/mol. The molecule has 1 aromatic carbocycles. The van der Waals surface area contributed by atoms with E-state index in [0.29, 0.717) is 23.1 Å². The number of halogens is 2. The molecule has 2 nitrogen and oxygen atoms in total. The van der Waals surface area contributed by atoms with Gasteiger partial charge in [0.05, 0.1) is 5.69 Å². The Bertz CT molecular complexity index is 480. The number of carbonyl (C=O) groups excluding carboxylic acids is 1. The maximum atomic E-state index is 12.9. The zero-order chi connectivity index (χ0) is 11.7. The van der Waals surface area contributed by atoms with Crippen LogP contribution in [-0.2, 0) is 4.79 Å². The first-order valence-corrected chi connectivity index (χ1v) is 5.62. The molecular weight excluding hydrogens is 273 g/mol. The summed E-state index contributed by atoms with van der Waals surface area (Å²) in [5, 5.41) is 0. The lowest BCUT2D eigenvalue weighted by atomic mass is 10.1. The molecule has 1 atom stereocenters. The van der Waals surface area contributed by atoms with E-state index in [4.69, 9.17) is 6.42 Å². The van der Waals surface area contributed by atoms with Gasteiger partial charge in [0.25, 0.3) is 0 Å². The molecule has 4 heteroatoms. The average Bonchev–Trinajstić information content (AvgIpc) is 2.60. The second kappa shape index (κ2) is 4.26. The fourth-order valence-corrected chi connectivity index (χ4v) is 2.32. The summed E-state index contributed by atoms with van der Waals surface area (Å²) in [6.07, 6.45) is 5.66. The molecule has 82 valence electrons. The van der Waals surface area contributed by atoms with Gasteiger partial charge in [0.15, 0.2) is 0 Å². The first-order valence-electron chi connectivity index (χ1n) is 4.83. The van der Waals surface area contributed by atoms with Crippen LogP contribution in [0.5, 0.6) is 0 Å². The van der Waals surface area contributed by atoms with Crippen molar-refractivity contribution in [3.63, 3.8) is 0 Å². The molecule has 1 saturated heterocycles. The Hall–Kier alpha value is -1.34. The Balaban J connectivity index is 2.32. The van der Waals surface area contributed by atoms with Crippen molar-refractivity contribution in [2.75, 3.05) is 11.4 Å². The van der Waals surface area contributed by atoms with Crippen molar-refractivity contribution in [1.29, 1.82) is 0 Å². The van der Waals surface area contributed by atoms with Crippen molar-refractivity contribution in [1.82, 2.24) is 0 Å². The van der Waals surface area contributed by atoms with Gasteiger partial charge < -0.3 is 4.90 Å². The van der Waals surface area contributed by atoms with Crippen molar-refractivity contribution >= 4 is 27.5 Å². The Morgan fingerprint density at radius 2 is 2.31 bits per heavy atom. The molecule has 1 aliphatic heterocycles. The fraction of sp³-hybridized carbons (Fsp3) is 0.250. The highest BCUT2D eigenvalue weighted by Crippen LogP contribution is 2.31. The zero-order valence-corrected chi connectivity index (χ0v) is 10.00. The lowest BCUT2D eigenvalue weighted by molar-refractivity contribution is -0.117. The maximum absolute atomic E-state index is 12.9. The molecule has 1 fully saturated rings. The standard InChI is InChI=1S/C12H9BrFNO/c1-2-8-5-12(16)15(7-8)11-4-3-9(14)6-10(11)13/h1,3-4,6,8H,5,7H2. The van der Waals surface area contributed by atoms with Gasteiger partial charge in [-0.05, 0) is 34.1 Å². The minimum Gasteiger partial charge on any atom is -0.310 e. The van der Waals surface area contributed by atoms with Crippen LogP contribution in [0.4, 0.5) is 10.1 Å². The van der Waals surface area contributed by atoms with Crippen LogP contribution in [0.25, 0.3) is 0 Å². The molecule has 0 aliphatic carbocycles. The van der Waals surface area contributed by atoms with E-state index in [1.807, 2.05) is 0 Å². The molecule has 1 unspecified atom stereocenters.